The summed E-state index contributed by atoms with van der Waals surface area (Å²) in [6.07, 6.45) is 0. The van der Waals surface area contributed by atoms with Gasteiger partial charge in [0.05, 0.1) is 6.61 Å². The van der Waals surface area contributed by atoms with Crippen LogP contribution in [0.2, 0.25) is 0 Å². The molecule has 3 nitrogen and oxygen atoms in total. The van der Waals surface area contributed by atoms with Crippen LogP contribution >= 0.6 is 0 Å². The first-order chi connectivity index (χ1) is 8.71. The fourth-order valence-corrected chi connectivity index (χ4v) is 1.87. The number of rotatable bonds is 8. The Kier molecular flexibility index (Phi) is 6.86. The van der Waals surface area contributed by atoms with Crippen LogP contribution in [0.3, 0.4) is 0 Å². The zero-order valence-corrected chi connectivity index (χ0v) is 11.5. The Morgan fingerprint density at radius 3 is 2.78 bits per heavy atom. The molecule has 1 aromatic rings. The highest BCUT2D eigenvalue weighted by Crippen LogP contribution is 2.13. The van der Waals surface area contributed by atoms with Crippen molar-refractivity contribution in [1.29, 1.82) is 0 Å². The van der Waals surface area contributed by atoms with E-state index in [0.29, 0.717) is 13.2 Å². The van der Waals surface area contributed by atoms with Crippen molar-refractivity contribution in [3.63, 3.8) is 0 Å². The molecule has 1 aromatic carbocycles. The van der Waals surface area contributed by atoms with Crippen molar-refractivity contribution < 1.29 is 9.13 Å². The first kappa shape index (κ1) is 15.1. The second-order valence-electron chi connectivity index (χ2n) is 4.32. The highest BCUT2D eigenvalue weighted by molar-refractivity contribution is 5.25. The Balaban J connectivity index is 2.71. The monoisotopic (exact) mass is 254 g/mol. The van der Waals surface area contributed by atoms with Gasteiger partial charge in [-0.1, -0.05) is 19.1 Å². The largest absolute Gasteiger partial charge is 0.383 e. The maximum atomic E-state index is 13.8. The summed E-state index contributed by atoms with van der Waals surface area (Å²) >= 11 is 0. The second kappa shape index (κ2) is 8.19. The highest BCUT2D eigenvalue weighted by Gasteiger charge is 2.08. The summed E-state index contributed by atoms with van der Waals surface area (Å²) in [6, 6.07) is 5.30. The van der Waals surface area contributed by atoms with Crippen molar-refractivity contribution in [2.45, 2.75) is 20.0 Å². The van der Waals surface area contributed by atoms with Gasteiger partial charge in [-0.3, -0.25) is 4.90 Å². The van der Waals surface area contributed by atoms with Gasteiger partial charge in [0.2, 0.25) is 0 Å². The minimum Gasteiger partial charge on any atom is -0.383 e. The molecule has 102 valence electrons. The lowest BCUT2D eigenvalue weighted by Gasteiger charge is -2.20. The van der Waals surface area contributed by atoms with Crippen LogP contribution in [-0.4, -0.2) is 38.8 Å². The molecule has 0 aromatic heterocycles. The Bertz CT molecular complexity index is 358. The van der Waals surface area contributed by atoms with Gasteiger partial charge in [-0.15, -0.1) is 0 Å². The van der Waals surface area contributed by atoms with E-state index in [1.807, 2.05) is 19.2 Å². The van der Waals surface area contributed by atoms with Gasteiger partial charge >= 0.3 is 0 Å². The van der Waals surface area contributed by atoms with Gasteiger partial charge in [0.25, 0.3) is 0 Å². The van der Waals surface area contributed by atoms with Crippen molar-refractivity contribution >= 4 is 0 Å². The third kappa shape index (κ3) is 4.72. The van der Waals surface area contributed by atoms with E-state index >= 15 is 0 Å². The highest BCUT2D eigenvalue weighted by atomic mass is 19.1. The molecule has 0 aliphatic heterocycles. The van der Waals surface area contributed by atoms with Crippen molar-refractivity contribution in [2.24, 2.45) is 0 Å². The minimum atomic E-state index is -0.134. The molecule has 0 radical (unpaired) electrons. The van der Waals surface area contributed by atoms with E-state index in [1.165, 1.54) is 0 Å². The molecule has 18 heavy (non-hydrogen) atoms. The predicted octanol–water partition coefficient (Wildman–Crippen LogP) is 2.01. The molecule has 0 spiro atoms. The van der Waals surface area contributed by atoms with Crippen LogP contribution in [0.25, 0.3) is 0 Å². The van der Waals surface area contributed by atoms with Crippen LogP contribution in [0.5, 0.6) is 0 Å². The molecule has 0 heterocycles. The van der Waals surface area contributed by atoms with Gasteiger partial charge in [0.15, 0.2) is 0 Å². The summed E-state index contributed by atoms with van der Waals surface area (Å²) in [6.45, 7) is 5.85. The summed E-state index contributed by atoms with van der Waals surface area (Å²) in [5.41, 5.74) is 1.86. The molecule has 0 fully saturated rings. The summed E-state index contributed by atoms with van der Waals surface area (Å²) in [4.78, 5) is 2.17. The number of hydrogen-bond acceptors (Lipinski definition) is 3. The van der Waals surface area contributed by atoms with Crippen LogP contribution in [0.15, 0.2) is 18.2 Å². The number of hydrogen-bond donors (Lipinski definition) is 1. The topological polar surface area (TPSA) is 24.5 Å². The first-order valence-corrected chi connectivity index (χ1v) is 6.34. The molecular formula is C14H23FN2O. The maximum Gasteiger partial charge on any atom is 0.127 e. The molecule has 0 saturated heterocycles. The Labute approximate surface area is 109 Å². The quantitative estimate of drug-likeness (QED) is 0.768. The smallest absolute Gasteiger partial charge is 0.127 e. The molecule has 0 bridgehead atoms. The van der Waals surface area contributed by atoms with Crippen LogP contribution in [0.4, 0.5) is 4.39 Å². The Hall–Kier alpha value is -0.970. The van der Waals surface area contributed by atoms with E-state index in [4.69, 9.17) is 4.74 Å². The standard InChI is InChI=1S/C14H23FN2O/c1-4-17(7-8-18-3)11-13-9-12(10-16-2)5-6-14(13)15/h5-6,9,16H,4,7-8,10-11H2,1-3H3. The summed E-state index contributed by atoms with van der Waals surface area (Å²) in [7, 11) is 3.57. The minimum absolute atomic E-state index is 0.134. The molecule has 0 atom stereocenters. The van der Waals surface area contributed by atoms with Crippen molar-refractivity contribution in [3.05, 3.63) is 35.1 Å². The number of ether oxygens (including phenoxy) is 1. The zero-order chi connectivity index (χ0) is 13.4. The van der Waals surface area contributed by atoms with Gasteiger partial charge in [-0.05, 0) is 25.2 Å². The van der Waals surface area contributed by atoms with Crippen LogP contribution in [-0.2, 0) is 17.8 Å². The summed E-state index contributed by atoms with van der Waals surface area (Å²) < 4.78 is 18.8. The van der Waals surface area contributed by atoms with Gasteiger partial charge in [-0.25, -0.2) is 4.39 Å². The molecule has 0 aliphatic rings. The van der Waals surface area contributed by atoms with Crippen LogP contribution in [0.1, 0.15) is 18.1 Å². The summed E-state index contributed by atoms with van der Waals surface area (Å²) in [5.74, 6) is -0.134. The number of halogens is 1. The van der Waals surface area contributed by atoms with Gasteiger partial charge in [0, 0.05) is 32.3 Å². The van der Waals surface area contributed by atoms with E-state index in [-0.39, 0.29) is 5.82 Å². The van der Waals surface area contributed by atoms with Gasteiger partial charge in [-0.2, -0.15) is 0 Å². The zero-order valence-electron chi connectivity index (χ0n) is 11.5. The molecule has 1 N–H and O–H groups in total. The molecular weight excluding hydrogens is 231 g/mol. The molecule has 4 heteroatoms. The Morgan fingerprint density at radius 1 is 1.39 bits per heavy atom. The number of nitrogens with zero attached hydrogens (tertiary/aromatic N) is 1. The van der Waals surface area contributed by atoms with Crippen molar-refractivity contribution in [1.82, 2.24) is 10.2 Å². The lowest BCUT2D eigenvalue weighted by Crippen LogP contribution is -2.27. The first-order valence-electron chi connectivity index (χ1n) is 6.34. The normalized spacial score (nSPS) is 11.2. The lowest BCUT2D eigenvalue weighted by atomic mass is 10.1. The van der Waals surface area contributed by atoms with E-state index in [2.05, 4.69) is 17.1 Å². The van der Waals surface area contributed by atoms with Gasteiger partial charge < -0.3 is 10.1 Å². The van der Waals surface area contributed by atoms with Crippen molar-refractivity contribution in [3.8, 4) is 0 Å². The second-order valence-corrected chi connectivity index (χ2v) is 4.32. The predicted molar refractivity (Wildman–Crippen MR) is 72.0 cm³/mol. The van der Waals surface area contributed by atoms with E-state index in [1.54, 1.807) is 13.2 Å². The average molecular weight is 254 g/mol. The molecule has 0 unspecified atom stereocenters. The van der Waals surface area contributed by atoms with Crippen LogP contribution < -0.4 is 5.32 Å². The molecule has 1 rings (SSSR count). The number of likely N-dealkylation sites (N-methyl/N-ethyl adjacent to an activating group) is 1. The van der Waals surface area contributed by atoms with E-state index in [0.717, 1.165) is 30.8 Å². The van der Waals surface area contributed by atoms with Crippen molar-refractivity contribution in [2.75, 3.05) is 33.9 Å². The SMILES string of the molecule is CCN(CCOC)Cc1cc(CNC)ccc1F. The summed E-state index contributed by atoms with van der Waals surface area (Å²) in [5, 5.41) is 3.08. The average Bonchev–Trinajstić information content (AvgIpc) is 2.38. The third-order valence-corrected chi connectivity index (χ3v) is 2.94. The fraction of sp³-hybridized carbons (Fsp3) is 0.571. The molecule has 0 amide bonds. The third-order valence-electron chi connectivity index (χ3n) is 2.94. The van der Waals surface area contributed by atoms with Gasteiger partial charge in [0.1, 0.15) is 5.82 Å². The molecule has 0 aliphatic carbocycles. The fourth-order valence-electron chi connectivity index (χ4n) is 1.87. The molecule has 0 saturated carbocycles. The van der Waals surface area contributed by atoms with E-state index in [9.17, 15) is 4.39 Å². The number of benzene rings is 1. The van der Waals surface area contributed by atoms with E-state index < -0.39 is 0 Å². The Morgan fingerprint density at radius 2 is 2.17 bits per heavy atom. The van der Waals surface area contributed by atoms with Crippen LogP contribution in [0, 0.1) is 5.82 Å². The lowest BCUT2D eigenvalue weighted by molar-refractivity contribution is 0.147. The number of methoxy groups -OCH3 is 1. The number of nitrogens with one attached hydrogen (secondary N) is 1. The maximum absolute atomic E-state index is 13.8.